The average molecular weight is 298 g/mol. The molecule has 0 bridgehead atoms. The van der Waals surface area contributed by atoms with Gasteiger partial charge in [-0.1, -0.05) is 31.7 Å². The molecular weight excluding hydrogens is 276 g/mol. The number of carbonyl (C=O) groups is 1. The van der Waals surface area contributed by atoms with Crippen LogP contribution in [0.5, 0.6) is 0 Å². The molecule has 0 aliphatic carbocycles. The Morgan fingerprint density at radius 2 is 2.27 bits per heavy atom. The maximum atomic E-state index is 11.9. The molecule has 1 aromatic rings. The van der Waals surface area contributed by atoms with Crippen molar-refractivity contribution in [2.24, 2.45) is 0 Å². The Hall–Kier alpha value is -2.07. The zero-order chi connectivity index (χ0) is 15.7. The van der Waals surface area contributed by atoms with Crippen molar-refractivity contribution in [3.8, 4) is 0 Å². The van der Waals surface area contributed by atoms with Crippen LogP contribution < -0.4 is 5.32 Å². The van der Waals surface area contributed by atoms with Gasteiger partial charge in [-0.05, 0) is 30.4 Å². The Balaban J connectivity index is 2.04. The molecule has 0 aromatic heterocycles. The molecule has 1 unspecified atom stereocenters. The first-order valence-electron chi connectivity index (χ1n) is 7.84. The van der Waals surface area contributed by atoms with E-state index in [4.69, 9.17) is 0 Å². The molecule has 0 fully saturated rings. The summed E-state index contributed by atoms with van der Waals surface area (Å²) in [6, 6.07) is 6.15. The van der Waals surface area contributed by atoms with Gasteiger partial charge in [-0.25, -0.2) is 0 Å². The van der Waals surface area contributed by atoms with Crippen LogP contribution in [0.2, 0.25) is 0 Å². The zero-order valence-electron chi connectivity index (χ0n) is 12.9. The predicted octanol–water partition coefficient (Wildman–Crippen LogP) is 1.84. The first-order valence-corrected chi connectivity index (χ1v) is 7.84. The Kier molecular flexibility index (Phi) is 4.03. The lowest BCUT2D eigenvalue weighted by Gasteiger charge is -2.34. The second-order valence-corrected chi connectivity index (χ2v) is 5.92. The monoisotopic (exact) mass is 298 g/mol. The third-order valence-corrected chi connectivity index (χ3v) is 4.47. The third kappa shape index (κ3) is 2.66. The van der Waals surface area contributed by atoms with Gasteiger partial charge in [-0.2, -0.15) is 0 Å². The second kappa shape index (κ2) is 5.97. The average Bonchev–Trinajstić information content (AvgIpc) is 2.67. The lowest BCUT2D eigenvalue weighted by molar-refractivity contribution is -0.116. The van der Waals surface area contributed by atoms with Gasteiger partial charge in [-0.15, -0.1) is 0 Å². The van der Waals surface area contributed by atoms with Crippen LogP contribution in [0.3, 0.4) is 0 Å². The van der Waals surface area contributed by atoms with Gasteiger partial charge in [0.25, 0.3) is 0 Å². The molecule has 1 atom stereocenters. The van der Waals surface area contributed by atoms with Crippen LogP contribution in [0.15, 0.2) is 36.6 Å². The Bertz CT molecular complexity index is 648. The molecule has 2 N–H and O–H groups in total. The third-order valence-electron chi connectivity index (χ3n) is 4.47. The number of nitrogens with zero attached hydrogens (tertiary/aromatic N) is 1. The first-order chi connectivity index (χ1) is 10.6. The standard InChI is InChI=1S/C18H22N2O2/c1-3-14(21)9-13-5-4-6-16-15(13)7-8-20-12(2)11-19-18(22)10-17(16)20/h4-6,10,14,21H,2-3,7-9,11H2,1H3,(H,19,22). The highest BCUT2D eigenvalue weighted by atomic mass is 16.3. The van der Waals surface area contributed by atoms with Crippen LogP contribution in [0.4, 0.5) is 0 Å². The van der Waals surface area contributed by atoms with E-state index in [2.05, 4.69) is 28.9 Å². The molecule has 2 heterocycles. The molecule has 2 aliphatic heterocycles. The SMILES string of the molecule is C=C1CNC(=O)C=C2c3cccc(CC(O)CC)c3CCN12. The number of benzene rings is 1. The molecule has 0 spiro atoms. The fourth-order valence-electron chi connectivity index (χ4n) is 3.19. The van der Waals surface area contributed by atoms with E-state index >= 15 is 0 Å². The van der Waals surface area contributed by atoms with Crippen LogP contribution in [0, 0.1) is 0 Å². The molecule has 1 aromatic carbocycles. The second-order valence-electron chi connectivity index (χ2n) is 5.92. The van der Waals surface area contributed by atoms with Crippen LogP contribution >= 0.6 is 0 Å². The summed E-state index contributed by atoms with van der Waals surface area (Å²) in [5.41, 5.74) is 5.36. The number of fused-ring (bicyclic) bond motifs is 3. The van der Waals surface area contributed by atoms with Crippen molar-refractivity contribution in [1.82, 2.24) is 10.2 Å². The van der Waals surface area contributed by atoms with E-state index in [1.54, 1.807) is 6.08 Å². The summed E-state index contributed by atoms with van der Waals surface area (Å²) < 4.78 is 0. The zero-order valence-corrected chi connectivity index (χ0v) is 12.9. The lowest BCUT2D eigenvalue weighted by atomic mass is 9.89. The minimum Gasteiger partial charge on any atom is -0.393 e. The number of aliphatic hydroxyl groups excluding tert-OH is 1. The normalized spacial score (nSPS) is 18.8. The van der Waals surface area contributed by atoms with Gasteiger partial charge >= 0.3 is 0 Å². The lowest BCUT2D eigenvalue weighted by Crippen LogP contribution is -2.31. The molecule has 0 saturated heterocycles. The molecule has 4 heteroatoms. The summed E-state index contributed by atoms with van der Waals surface area (Å²) in [5.74, 6) is -0.0782. The summed E-state index contributed by atoms with van der Waals surface area (Å²) in [6.45, 7) is 7.38. The van der Waals surface area contributed by atoms with Gasteiger partial charge in [0.2, 0.25) is 5.91 Å². The number of rotatable bonds is 3. The molecule has 2 aliphatic rings. The fraction of sp³-hybridized carbons (Fsp3) is 0.389. The molecule has 0 radical (unpaired) electrons. The van der Waals surface area contributed by atoms with Crippen molar-refractivity contribution < 1.29 is 9.90 Å². The number of amides is 1. The van der Waals surface area contributed by atoms with E-state index < -0.39 is 0 Å². The largest absolute Gasteiger partial charge is 0.393 e. The van der Waals surface area contributed by atoms with Crippen LogP contribution in [-0.2, 0) is 17.6 Å². The summed E-state index contributed by atoms with van der Waals surface area (Å²) in [4.78, 5) is 14.0. The van der Waals surface area contributed by atoms with Crippen LogP contribution in [0.25, 0.3) is 5.70 Å². The smallest absolute Gasteiger partial charge is 0.246 e. The molecule has 116 valence electrons. The number of aliphatic hydroxyl groups is 1. The Morgan fingerprint density at radius 3 is 3.05 bits per heavy atom. The van der Waals surface area contributed by atoms with Crippen molar-refractivity contribution in [2.75, 3.05) is 13.1 Å². The molecule has 1 amide bonds. The highest BCUT2D eigenvalue weighted by Crippen LogP contribution is 2.34. The minimum atomic E-state index is -0.314. The van der Waals surface area contributed by atoms with Gasteiger partial charge < -0.3 is 15.3 Å². The highest BCUT2D eigenvalue weighted by molar-refractivity contribution is 5.96. The van der Waals surface area contributed by atoms with E-state index in [1.165, 1.54) is 11.1 Å². The van der Waals surface area contributed by atoms with E-state index in [-0.39, 0.29) is 12.0 Å². The minimum absolute atomic E-state index is 0.0782. The van der Waals surface area contributed by atoms with Gasteiger partial charge in [0.15, 0.2) is 0 Å². The van der Waals surface area contributed by atoms with Crippen LogP contribution in [-0.4, -0.2) is 35.1 Å². The van der Waals surface area contributed by atoms with E-state index in [9.17, 15) is 9.90 Å². The summed E-state index contributed by atoms with van der Waals surface area (Å²) in [7, 11) is 0. The number of hydrogen-bond donors (Lipinski definition) is 2. The molecule has 22 heavy (non-hydrogen) atoms. The summed E-state index contributed by atoms with van der Waals surface area (Å²) in [6.07, 6.45) is 3.67. The van der Waals surface area contributed by atoms with Gasteiger partial charge in [0, 0.05) is 23.9 Å². The van der Waals surface area contributed by atoms with Gasteiger partial charge in [0.05, 0.1) is 18.3 Å². The van der Waals surface area contributed by atoms with Crippen molar-refractivity contribution in [3.63, 3.8) is 0 Å². The molecule has 0 saturated carbocycles. The fourth-order valence-corrected chi connectivity index (χ4v) is 3.19. The summed E-state index contributed by atoms with van der Waals surface area (Å²) >= 11 is 0. The predicted molar refractivity (Wildman–Crippen MR) is 87.0 cm³/mol. The van der Waals surface area contributed by atoms with Crippen LogP contribution in [0.1, 0.15) is 30.0 Å². The number of nitrogens with one attached hydrogen (secondary N) is 1. The van der Waals surface area contributed by atoms with E-state index in [0.29, 0.717) is 13.0 Å². The Morgan fingerprint density at radius 1 is 1.45 bits per heavy atom. The maximum Gasteiger partial charge on any atom is 0.246 e. The van der Waals surface area contributed by atoms with Gasteiger partial charge in [-0.3, -0.25) is 4.79 Å². The molecular formula is C18H22N2O2. The quantitative estimate of drug-likeness (QED) is 0.895. The highest BCUT2D eigenvalue weighted by Gasteiger charge is 2.27. The molecule has 4 nitrogen and oxygen atoms in total. The number of carbonyl (C=O) groups excluding carboxylic acids is 1. The van der Waals surface area contributed by atoms with Crippen molar-refractivity contribution in [3.05, 3.63) is 53.2 Å². The summed E-state index contributed by atoms with van der Waals surface area (Å²) in [5, 5.41) is 12.8. The molecule has 3 rings (SSSR count). The maximum absolute atomic E-state index is 11.9. The first kappa shape index (κ1) is 14.9. The van der Waals surface area contributed by atoms with Crippen molar-refractivity contribution in [2.45, 2.75) is 32.3 Å². The topological polar surface area (TPSA) is 52.6 Å². The van der Waals surface area contributed by atoms with E-state index in [0.717, 1.165) is 36.3 Å². The van der Waals surface area contributed by atoms with Gasteiger partial charge in [0.1, 0.15) is 0 Å². The van der Waals surface area contributed by atoms with E-state index in [1.807, 2.05) is 13.0 Å². The van der Waals surface area contributed by atoms with Crippen molar-refractivity contribution in [1.29, 1.82) is 0 Å². The van der Waals surface area contributed by atoms with Crippen molar-refractivity contribution >= 4 is 11.6 Å². The Labute approximate surface area is 131 Å². The number of hydrogen-bond acceptors (Lipinski definition) is 3.